The summed E-state index contributed by atoms with van der Waals surface area (Å²) in [5.74, 6) is 0. The lowest BCUT2D eigenvalue weighted by molar-refractivity contribution is 0.265. The Bertz CT molecular complexity index is 557. The summed E-state index contributed by atoms with van der Waals surface area (Å²) < 4.78 is 0. The Hall–Kier alpha value is -1.09. The maximum atomic E-state index is 9.06. The molecule has 0 aromatic heterocycles. The van der Waals surface area contributed by atoms with Crippen molar-refractivity contribution in [3.63, 3.8) is 0 Å². The van der Waals surface area contributed by atoms with Crippen LogP contribution in [0.1, 0.15) is 16.7 Å². The van der Waals surface area contributed by atoms with Crippen molar-refractivity contribution < 1.29 is 5.11 Å². The van der Waals surface area contributed by atoms with Gasteiger partial charge in [-0.05, 0) is 46.7 Å². The van der Waals surface area contributed by atoms with Gasteiger partial charge in [-0.3, -0.25) is 0 Å². The molecule has 1 atom stereocenters. The van der Waals surface area contributed by atoms with Crippen LogP contribution in [0.2, 0.25) is 0 Å². The number of halogens is 1. The molecule has 3 rings (SSSR count). The second kappa shape index (κ2) is 5.27. The summed E-state index contributed by atoms with van der Waals surface area (Å²) >= 11 is 0. The molecule has 96 valence electrons. The largest absolute Gasteiger partial charge is 0.395 e. The molecule has 18 heavy (non-hydrogen) atoms. The van der Waals surface area contributed by atoms with Crippen molar-refractivity contribution in [3.05, 3.63) is 47.0 Å². The zero-order valence-corrected chi connectivity index (χ0v) is 11.0. The highest BCUT2D eigenvalue weighted by Crippen LogP contribution is 2.32. The SMILES string of the molecule is Cl.NC(CO)Cc1ccc2c3c(cccc13)CC2. The van der Waals surface area contributed by atoms with Crippen molar-refractivity contribution in [2.75, 3.05) is 6.61 Å². The van der Waals surface area contributed by atoms with Crippen LogP contribution >= 0.6 is 12.4 Å². The lowest BCUT2D eigenvalue weighted by Crippen LogP contribution is -2.26. The van der Waals surface area contributed by atoms with Gasteiger partial charge < -0.3 is 10.8 Å². The first-order valence-corrected chi connectivity index (χ1v) is 6.18. The third kappa shape index (κ3) is 2.12. The molecule has 0 bridgehead atoms. The monoisotopic (exact) mass is 263 g/mol. The van der Waals surface area contributed by atoms with E-state index < -0.39 is 0 Å². The molecule has 0 saturated heterocycles. The Labute approximate surface area is 113 Å². The van der Waals surface area contributed by atoms with E-state index in [9.17, 15) is 0 Å². The summed E-state index contributed by atoms with van der Waals surface area (Å²) in [6.07, 6.45) is 3.06. The zero-order chi connectivity index (χ0) is 11.8. The Kier molecular flexibility index (Phi) is 3.91. The van der Waals surface area contributed by atoms with Crippen molar-refractivity contribution in [3.8, 4) is 0 Å². The molecule has 3 N–H and O–H groups in total. The highest BCUT2D eigenvalue weighted by molar-refractivity contribution is 5.93. The highest BCUT2D eigenvalue weighted by Gasteiger charge is 2.16. The summed E-state index contributed by atoms with van der Waals surface area (Å²) in [6.45, 7) is 0.0446. The van der Waals surface area contributed by atoms with Crippen molar-refractivity contribution in [1.82, 2.24) is 0 Å². The van der Waals surface area contributed by atoms with Gasteiger partial charge in [-0.25, -0.2) is 0 Å². The number of aryl methyl sites for hydroxylation is 2. The molecule has 0 saturated carbocycles. The van der Waals surface area contributed by atoms with Crippen LogP contribution in [0.5, 0.6) is 0 Å². The van der Waals surface area contributed by atoms with E-state index in [2.05, 4.69) is 30.3 Å². The molecule has 0 spiro atoms. The average molecular weight is 264 g/mol. The number of aliphatic hydroxyl groups excluding tert-OH is 1. The fourth-order valence-corrected chi connectivity index (χ4v) is 2.83. The lowest BCUT2D eigenvalue weighted by Gasteiger charge is -2.12. The third-order valence-electron chi connectivity index (χ3n) is 3.68. The van der Waals surface area contributed by atoms with Gasteiger partial charge in [-0.2, -0.15) is 0 Å². The molecule has 0 aliphatic heterocycles. The molecule has 0 radical (unpaired) electrons. The summed E-state index contributed by atoms with van der Waals surface area (Å²) in [4.78, 5) is 0. The minimum Gasteiger partial charge on any atom is -0.395 e. The predicted octanol–water partition coefficient (Wildman–Crippen LogP) is 2.22. The first-order chi connectivity index (χ1) is 8.29. The van der Waals surface area contributed by atoms with E-state index in [0.717, 1.165) is 19.3 Å². The number of benzene rings is 2. The Balaban J connectivity index is 0.00000120. The van der Waals surface area contributed by atoms with Gasteiger partial charge in [0.15, 0.2) is 0 Å². The fourth-order valence-electron chi connectivity index (χ4n) is 2.83. The van der Waals surface area contributed by atoms with Crippen LogP contribution in [0.25, 0.3) is 10.8 Å². The second-order valence-electron chi connectivity index (χ2n) is 4.87. The van der Waals surface area contributed by atoms with Gasteiger partial charge in [-0.15, -0.1) is 12.4 Å². The second-order valence-corrected chi connectivity index (χ2v) is 4.87. The zero-order valence-electron chi connectivity index (χ0n) is 10.2. The van der Waals surface area contributed by atoms with Gasteiger partial charge in [0.05, 0.1) is 6.61 Å². The first-order valence-electron chi connectivity index (χ1n) is 6.18. The van der Waals surface area contributed by atoms with Crippen molar-refractivity contribution >= 4 is 23.2 Å². The fraction of sp³-hybridized carbons (Fsp3) is 0.333. The molecule has 0 fully saturated rings. The Morgan fingerprint density at radius 2 is 1.83 bits per heavy atom. The molecule has 0 heterocycles. The maximum absolute atomic E-state index is 9.06. The van der Waals surface area contributed by atoms with Crippen molar-refractivity contribution in [2.24, 2.45) is 5.73 Å². The number of nitrogens with two attached hydrogens (primary N) is 1. The molecule has 2 aromatic carbocycles. The van der Waals surface area contributed by atoms with E-state index in [1.165, 1.54) is 27.5 Å². The first kappa shape index (κ1) is 13.3. The molecule has 0 amide bonds. The lowest BCUT2D eigenvalue weighted by atomic mass is 9.96. The molecule has 1 unspecified atom stereocenters. The van der Waals surface area contributed by atoms with Crippen molar-refractivity contribution in [1.29, 1.82) is 0 Å². The number of hydrogen-bond donors (Lipinski definition) is 2. The molecular weight excluding hydrogens is 246 g/mol. The molecule has 2 aromatic rings. The van der Waals surface area contributed by atoms with Gasteiger partial charge in [0.1, 0.15) is 0 Å². The minimum absolute atomic E-state index is 0. The molecule has 2 nitrogen and oxygen atoms in total. The number of rotatable bonds is 3. The van der Waals surface area contributed by atoms with Gasteiger partial charge in [-0.1, -0.05) is 30.3 Å². The van der Waals surface area contributed by atoms with Crippen LogP contribution in [-0.4, -0.2) is 17.8 Å². The van der Waals surface area contributed by atoms with Crippen molar-refractivity contribution in [2.45, 2.75) is 25.3 Å². The van der Waals surface area contributed by atoms with Gasteiger partial charge in [0, 0.05) is 6.04 Å². The quantitative estimate of drug-likeness (QED) is 0.892. The molecule has 3 heteroatoms. The van der Waals surface area contributed by atoms with E-state index in [4.69, 9.17) is 10.8 Å². The number of aliphatic hydroxyl groups is 1. The van der Waals surface area contributed by atoms with Gasteiger partial charge in [0.25, 0.3) is 0 Å². The smallest absolute Gasteiger partial charge is 0.0585 e. The third-order valence-corrected chi connectivity index (χ3v) is 3.68. The maximum Gasteiger partial charge on any atom is 0.0585 e. The van der Waals surface area contributed by atoms with E-state index in [1.807, 2.05) is 0 Å². The van der Waals surface area contributed by atoms with Crippen LogP contribution in [0.4, 0.5) is 0 Å². The standard InChI is InChI=1S/C15H17NO.ClH/c16-13(9-17)8-12-7-6-11-5-4-10-2-1-3-14(12)15(10)11;/h1-3,6-7,13,17H,4-5,8-9,16H2;1H. The average Bonchev–Trinajstić information content (AvgIpc) is 2.78. The van der Waals surface area contributed by atoms with Gasteiger partial charge in [0.2, 0.25) is 0 Å². The van der Waals surface area contributed by atoms with Crippen LogP contribution in [0, 0.1) is 0 Å². The van der Waals surface area contributed by atoms with E-state index in [1.54, 1.807) is 0 Å². The summed E-state index contributed by atoms with van der Waals surface area (Å²) in [5.41, 5.74) is 10.0. The van der Waals surface area contributed by atoms with E-state index in [-0.39, 0.29) is 25.1 Å². The van der Waals surface area contributed by atoms with E-state index in [0.29, 0.717) is 0 Å². The normalized spacial score (nSPS) is 14.6. The van der Waals surface area contributed by atoms with Crippen LogP contribution in [0.3, 0.4) is 0 Å². The Morgan fingerprint density at radius 1 is 1.11 bits per heavy atom. The van der Waals surface area contributed by atoms with Crippen LogP contribution in [0.15, 0.2) is 30.3 Å². The van der Waals surface area contributed by atoms with E-state index >= 15 is 0 Å². The van der Waals surface area contributed by atoms with Crippen LogP contribution in [-0.2, 0) is 19.3 Å². The summed E-state index contributed by atoms with van der Waals surface area (Å²) in [5, 5.41) is 11.8. The summed E-state index contributed by atoms with van der Waals surface area (Å²) in [7, 11) is 0. The highest BCUT2D eigenvalue weighted by atomic mass is 35.5. The number of hydrogen-bond acceptors (Lipinski definition) is 2. The molecule has 1 aliphatic rings. The molecular formula is C15H18ClNO. The predicted molar refractivity (Wildman–Crippen MR) is 77.4 cm³/mol. The summed E-state index contributed by atoms with van der Waals surface area (Å²) in [6, 6.07) is 10.7. The Morgan fingerprint density at radius 3 is 2.56 bits per heavy atom. The van der Waals surface area contributed by atoms with Crippen LogP contribution < -0.4 is 5.73 Å². The topological polar surface area (TPSA) is 46.2 Å². The molecule has 1 aliphatic carbocycles. The van der Waals surface area contributed by atoms with Gasteiger partial charge >= 0.3 is 0 Å². The minimum atomic E-state index is -0.159.